The summed E-state index contributed by atoms with van der Waals surface area (Å²) in [5, 5.41) is 7.87. The summed E-state index contributed by atoms with van der Waals surface area (Å²) in [4.78, 5) is 0. The molecule has 3 nitrogen and oxygen atoms in total. The van der Waals surface area contributed by atoms with Crippen LogP contribution in [0.3, 0.4) is 0 Å². The molecule has 2 aromatic rings. The predicted molar refractivity (Wildman–Crippen MR) is 80.3 cm³/mol. The number of hydrogen-bond acceptors (Lipinski definition) is 2. The molecule has 0 unspecified atom stereocenters. The zero-order valence-corrected chi connectivity index (χ0v) is 12.9. The SMILES string of the molecule is Cc1cc(CC2(c3cccc(Br)c3)CNC2)n(C)n1. The summed E-state index contributed by atoms with van der Waals surface area (Å²) >= 11 is 3.57. The highest BCUT2D eigenvalue weighted by atomic mass is 79.9. The number of nitrogens with zero attached hydrogens (tertiary/aromatic N) is 2. The lowest BCUT2D eigenvalue weighted by molar-refractivity contribution is 0.269. The zero-order valence-electron chi connectivity index (χ0n) is 11.3. The molecule has 19 heavy (non-hydrogen) atoms. The van der Waals surface area contributed by atoms with E-state index in [2.05, 4.69) is 56.7 Å². The maximum Gasteiger partial charge on any atom is 0.0596 e. The van der Waals surface area contributed by atoms with Crippen LogP contribution in [0.5, 0.6) is 0 Å². The summed E-state index contributed by atoms with van der Waals surface area (Å²) in [6.45, 7) is 4.12. The molecule has 1 aromatic carbocycles. The molecule has 0 amide bonds. The van der Waals surface area contributed by atoms with E-state index < -0.39 is 0 Å². The Morgan fingerprint density at radius 2 is 2.16 bits per heavy atom. The molecule has 0 aliphatic carbocycles. The average Bonchev–Trinajstić information content (AvgIpc) is 2.62. The number of aromatic nitrogens is 2. The molecule has 1 aliphatic heterocycles. The van der Waals surface area contributed by atoms with E-state index in [1.54, 1.807) is 0 Å². The van der Waals surface area contributed by atoms with Crippen LogP contribution in [-0.4, -0.2) is 22.9 Å². The first-order valence-electron chi connectivity index (χ1n) is 6.55. The van der Waals surface area contributed by atoms with Crippen LogP contribution in [0.1, 0.15) is 17.0 Å². The molecule has 1 saturated heterocycles. The van der Waals surface area contributed by atoms with Crippen LogP contribution in [0, 0.1) is 6.92 Å². The number of aryl methyl sites for hydroxylation is 2. The van der Waals surface area contributed by atoms with Crippen molar-refractivity contribution >= 4 is 15.9 Å². The standard InChI is InChI=1S/C15H18BrN3/c1-11-6-14(19(2)18-11)8-15(9-17-10-15)12-4-3-5-13(16)7-12/h3-7,17H,8-10H2,1-2H3. The van der Waals surface area contributed by atoms with Crippen LogP contribution in [0.4, 0.5) is 0 Å². The van der Waals surface area contributed by atoms with Crippen molar-refractivity contribution in [2.45, 2.75) is 18.8 Å². The Bertz CT molecular complexity index is 599. The van der Waals surface area contributed by atoms with Crippen molar-refractivity contribution in [3.63, 3.8) is 0 Å². The molecule has 3 rings (SSSR count). The summed E-state index contributed by atoms with van der Waals surface area (Å²) in [5.74, 6) is 0. The number of hydrogen-bond donors (Lipinski definition) is 1. The van der Waals surface area contributed by atoms with Crippen LogP contribution < -0.4 is 5.32 Å². The van der Waals surface area contributed by atoms with Gasteiger partial charge in [0, 0.05) is 42.1 Å². The predicted octanol–water partition coefficient (Wildman–Crippen LogP) is 2.57. The van der Waals surface area contributed by atoms with Crippen LogP contribution >= 0.6 is 15.9 Å². The minimum absolute atomic E-state index is 0.212. The van der Waals surface area contributed by atoms with Crippen molar-refractivity contribution in [3.8, 4) is 0 Å². The lowest BCUT2D eigenvalue weighted by Gasteiger charge is -2.43. The van der Waals surface area contributed by atoms with Crippen molar-refractivity contribution in [1.82, 2.24) is 15.1 Å². The van der Waals surface area contributed by atoms with Gasteiger partial charge in [0.1, 0.15) is 0 Å². The van der Waals surface area contributed by atoms with Gasteiger partial charge in [0.15, 0.2) is 0 Å². The van der Waals surface area contributed by atoms with Crippen molar-refractivity contribution in [2.75, 3.05) is 13.1 Å². The first-order valence-corrected chi connectivity index (χ1v) is 7.35. The van der Waals surface area contributed by atoms with E-state index in [0.29, 0.717) is 0 Å². The summed E-state index contributed by atoms with van der Waals surface area (Å²) < 4.78 is 3.16. The fraction of sp³-hybridized carbons (Fsp3) is 0.400. The van der Waals surface area contributed by atoms with E-state index in [-0.39, 0.29) is 5.41 Å². The summed E-state index contributed by atoms with van der Waals surface area (Å²) in [6, 6.07) is 10.9. The number of benzene rings is 1. The second kappa shape index (κ2) is 4.76. The van der Waals surface area contributed by atoms with Gasteiger partial charge >= 0.3 is 0 Å². The molecule has 0 spiro atoms. The second-order valence-electron chi connectivity index (χ2n) is 5.47. The van der Waals surface area contributed by atoms with Gasteiger partial charge in [-0.05, 0) is 30.7 Å². The fourth-order valence-electron chi connectivity index (χ4n) is 2.85. The highest BCUT2D eigenvalue weighted by molar-refractivity contribution is 9.10. The summed E-state index contributed by atoms with van der Waals surface area (Å²) in [7, 11) is 2.03. The third-order valence-electron chi connectivity index (χ3n) is 3.98. The van der Waals surface area contributed by atoms with Crippen LogP contribution in [-0.2, 0) is 18.9 Å². The Labute approximate surface area is 122 Å². The van der Waals surface area contributed by atoms with Gasteiger partial charge in [-0.3, -0.25) is 4.68 Å². The van der Waals surface area contributed by atoms with Crippen LogP contribution in [0.2, 0.25) is 0 Å². The van der Waals surface area contributed by atoms with E-state index in [1.807, 2.05) is 18.7 Å². The summed E-state index contributed by atoms with van der Waals surface area (Å²) in [6.07, 6.45) is 1.04. The quantitative estimate of drug-likeness (QED) is 0.942. The number of nitrogens with one attached hydrogen (secondary N) is 1. The van der Waals surface area contributed by atoms with Crippen molar-refractivity contribution in [3.05, 3.63) is 51.8 Å². The smallest absolute Gasteiger partial charge is 0.0596 e. The third kappa shape index (κ3) is 2.35. The van der Waals surface area contributed by atoms with Gasteiger partial charge in [0.2, 0.25) is 0 Å². The highest BCUT2D eigenvalue weighted by Crippen LogP contribution is 2.33. The molecule has 100 valence electrons. The van der Waals surface area contributed by atoms with E-state index in [4.69, 9.17) is 0 Å². The van der Waals surface area contributed by atoms with Crippen LogP contribution in [0.25, 0.3) is 0 Å². The molecule has 1 aliphatic rings. The molecule has 0 atom stereocenters. The maximum atomic E-state index is 4.45. The van der Waals surface area contributed by atoms with Gasteiger partial charge in [-0.15, -0.1) is 0 Å². The Balaban J connectivity index is 1.94. The van der Waals surface area contributed by atoms with Crippen molar-refractivity contribution < 1.29 is 0 Å². The molecular formula is C15H18BrN3. The Morgan fingerprint density at radius 1 is 1.37 bits per heavy atom. The van der Waals surface area contributed by atoms with E-state index in [0.717, 1.165) is 29.7 Å². The van der Waals surface area contributed by atoms with Crippen molar-refractivity contribution in [1.29, 1.82) is 0 Å². The molecule has 0 bridgehead atoms. The van der Waals surface area contributed by atoms with E-state index in [9.17, 15) is 0 Å². The van der Waals surface area contributed by atoms with Gasteiger partial charge in [0.05, 0.1) is 5.69 Å². The Morgan fingerprint density at radius 3 is 2.68 bits per heavy atom. The van der Waals surface area contributed by atoms with Gasteiger partial charge in [0.25, 0.3) is 0 Å². The summed E-state index contributed by atoms with van der Waals surface area (Å²) in [5.41, 5.74) is 4.01. The minimum Gasteiger partial charge on any atom is -0.315 e. The molecule has 0 saturated carbocycles. The van der Waals surface area contributed by atoms with E-state index >= 15 is 0 Å². The van der Waals surface area contributed by atoms with Gasteiger partial charge < -0.3 is 5.32 Å². The molecule has 1 fully saturated rings. The monoisotopic (exact) mass is 319 g/mol. The Hall–Kier alpha value is -1.13. The van der Waals surface area contributed by atoms with Crippen LogP contribution in [0.15, 0.2) is 34.8 Å². The normalized spacial score (nSPS) is 17.2. The van der Waals surface area contributed by atoms with E-state index in [1.165, 1.54) is 11.3 Å². The molecule has 0 radical (unpaired) electrons. The fourth-order valence-corrected chi connectivity index (χ4v) is 3.25. The number of halogens is 1. The lowest BCUT2D eigenvalue weighted by Crippen LogP contribution is -2.58. The Kier molecular flexibility index (Phi) is 3.23. The van der Waals surface area contributed by atoms with Gasteiger partial charge in [-0.1, -0.05) is 28.1 Å². The first kappa shape index (κ1) is 12.9. The first-order chi connectivity index (χ1) is 9.09. The molecule has 4 heteroatoms. The molecular weight excluding hydrogens is 302 g/mol. The van der Waals surface area contributed by atoms with Gasteiger partial charge in [-0.25, -0.2) is 0 Å². The maximum absolute atomic E-state index is 4.45. The highest BCUT2D eigenvalue weighted by Gasteiger charge is 2.39. The number of rotatable bonds is 3. The third-order valence-corrected chi connectivity index (χ3v) is 4.48. The molecule has 2 heterocycles. The lowest BCUT2D eigenvalue weighted by atomic mass is 9.72. The molecule has 1 aromatic heterocycles. The molecule has 1 N–H and O–H groups in total. The van der Waals surface area contributed by atoms with Gasteiger partial charge in [-0.2, -0.15) is 5.10 Å². The largest absolute Gasteiger partial charge is 0.315 e. The minimum atomic E-state index is 0.212. The zero-order chi connectivity index (χ0) is 13.5. The topological polar surface area (TPSA) is 29.9 Å². The second-order valence-corrected chi connectivity index (χ2v) is 6.39. The van der Waals surface area contributed by atoms with Crippen molar-refractivity contribution in [2.24, 2.45) is 7.05 Å². The average molecular weight is 320 g/mol.